The second kappa shape index (κ2) is 7.39. The van der Waals surface area contributed by atoms with Crippen molar-refractivity contribution in [3.05, 3.63) is 41.2 Å². The van der Waals surface area contributed by atoms with Crippen LogP contribution in [0, 0.1) is 12.3 Å². The van der Waals surface area contributed by atoms with Crippen LogP contribution in [0.4, 0.5) is 11.4 Å². The summed E-state index contributed by atoms with van der Waals surface area (Å²) in [6, 6.07) is 8.04. The van der Waals surface area contributed by atoms with Gasteiger partial charge in [-0.05, 0) is 58.4 Å². The minimum absolute atomic E-state index is 0.0933. The van der Waals surface area contributed by atoms with E-state index in [1.54, 1.807) is 30.7 Å². The van der Waals surface area contributed by atoms with Crippen molar-refractivity contribution in [2.45, 2.75) is 47.2 Å². The summed E-state index contributed by atoms with van der Waals surface area (Å²) in [5, 5.41) is 10.7. The number of aromatic amines is 1. The number of aromatic nitrogens is 2. The monoisotopic (exact) mass is 383 g/mol. The summed E-state index contributed by atoms with van der Waals surface area (Å²) in [7, 11) is 1.74. The molecule has 2 N–H and O–H groups in total. The summed E-state index contributed by atoms with van der Waals surface area (Å²) in [6.45, 7) is 10.5. The number of benzene rings is 1. The summed E-state index contributed by atoms with van der Waals surface area (Å²) in [5.74, 6) is -0.362. The average Bonchev–Trinajstić information content (AvgIpc) is 3.10. The van der Waals surface area contributed by atoms with Crippen molar-refractivity contribution in [1.82, 2.24) is 15.5 Å². The molecule has 28 heavy (non-hydrogen) atoms. The number of carbonyl (C=O) groups is 2. The Bertz CT molecular complexity index is 902. The first-order chi connectivity index (χ1) is 13.2. The van der Waals surface area contributed by atoms with Crippen molar-refractivity contribution in [3.8, 4) is 0 Å². The molecule has 1 atom stereocenters. The molecule has 0 saturated heterocycles. The number of rotatable bonds is 5. The van der Waals surface area contributed by atoms with Crippen LogP contribution in [-0.4, -0.2) is 35.6 Å². The zero-order valence-corrected chi connectivity index (χ0v) is 17.5. The summed E-state index contributed by atoms with van der Waals surface area (Å²) in [6.07, 6.45) is 0. The molecule has 0 aliphatic carbocycles. The molecule has 0 radical (unpaired) electrons. The van der Waals surface area contributed by atoms with Gasteiger partial charge in [0.1, 0.15) is 5.41 Å². The lowest BCUT2D eigenvalue weighted by Gasteiger charge is -2.27. The lowest BCUT2D eigenvalue weighted by molar-refractivity contribution is -0.137. The van der Waals surface area contributed by atoms with Crippen molar-refractivity contribution in [2.75, 3.05) is 23.4 Å². The zero-order valence-electron chi connectivity index (χ0n) is 17.5. The Kier molecular flexibility index (Phi) is 5.30. The third kappa shape index (κ3) is 3.42. The van der Waals surface area contributed by atoms with E-state index in [4.69, 9.17) is 0 Å². The van der Waals surface area contributed by atoms with Crippen LogP contribution in [0.15, 0.2) is 24.3 Å². The Labute approximate surface area is 166 Å². The van der Waals surface area contributed by atoms with Crippen molar-refractivity contribution in [1.29, 1.82) is 0 Å². The molecule has 3 rings (SSSR count). The molecule has 150 valence electrons. The van der Waals surface area contributed by atoms with Crippen molar-refractivity contribution < 1.29 is 9.59 Å². The Morgan fingerprint density at radius 2 is 1.89 bits per heavy atom. The number of H-pyrrole nitrogens is 1. The SMILES string of the molecule is CCN1C(=O)C(C)(C)C(=O)N(C)c2cc(CNC(C)c3cc(C)[nH]n3)ccc21. The number of nitrogens with zero attached hydrogens (tertiary/aromatic N) is 3. The van der Waals surface area contributed by atoms with E-state index in [0.717, 1.165) is 28.3 Å². The molecule has 1 aliphatic heterocycles. The first-order valence-electron chi connectivity index (χ1n) is 9.65. The zero-order chi connectivity index (χ0) is 20.6. The van der Waals surface area contributed by atoms with Crippen LogP contribution in [0.5, 0.6) is 0 Å². The third-order valence-electron chi connectivity index (χ3n) is 5.41. The van der Waals surface area contributed by atoms with Gasteiger partial charge in [-0.25, -0.2) is 0 Å². The molecule has 1 aliphatic rings. The second-order valence-corrected chi connectivity index (χ2v) is 7.94. The minimum Gasteiger partial charge on any atom is -0.313 e. The lowest BCUT2D eigenvalue weighted by Crippen LogP contribution is -2.47. The van der Waals surface area contributed by atoms with Gasteiger partial charge in [-0.15, -0.1) is 0 Å². The fraction of sp³-hybridized carbons (Fsp3) is 0.476. The van der Waals surface area contributed by atoms with Gasteiger partial charge >= 0.3 is 0 Å². The molecule has 1 aromatic heterocycles. The number of nitrogens with one attached hydrogen (secondary N) is 2. The first kappa shape index (κ1) is 20.1. The van der Waals surface area contributed by atoms with Crippen LogP contribution in [-0.2, 0) is 16.1 Å². The predicted molar refractivity (Wildman–Crippen MR) is 110 cm³/mol. The van der Waals surface area contributed by atoms with Gasteiger partial charge < -0.3 is 15.1 Å². The van der Waals surface area contributed by atoms with Crippen LogP contribution in [0.25, 0.3) is 0 Å². The number of amides is 2. The summed E-state index contributed by atoms with van der Waals surface area (Å²) < 4.78 is 0. The molecule has 2 heterocycles. The van der Waals surface area contributed by atoms with E-state index < -0.39 is 5.41 Å². The van der Waals surface area contributed by atoms with E-state index in [1.165, 1.54) is 0 Å². The first-order valence-corrected chi connectivity index (χ1v) is 9.65. The molecule has 2 amide bonds. The van der Waals surface area contributed by atoms with Gasteiger partial charge in [0.15, 0.2) is 0 Å². The van der Waals surface area contributed by atoms with Crippen molar-refractivity contribution >= 4 is 23.2 Å². The van der Waals surface area contributed by atoms with E-state index in [-0.39, 0.29) is 17.9 Å². The van der Waals surface area contributed by atoms with Crippen LogP contribution >= 0.6 is 0 Å². The largest absolute Gasteiger partial charge is 0.313 e. The van der Waals surface area contributed by atoms with Crippen LogP contribution < -0.4 is 15.1 Å². The van der Waals surface area contributed by atoms with E-state index >= 15 is 0 Å². The number of hydrogen-bond acceptors (Lipinski definition) is 4. The summed E-state index contributed by atoms with van der Waals surface area (Å²) >= 11 is 0. The minimum atomic E-state index is -1.09. The fourth-order valence-corrected chi connectivity index (χ4v) is 3.59. The number of aryl methyl sites for hydroxylation is 1. The van der Waals surface area contributed by atoms with E-state index in [2.05, 4.69) is 22.4 Å². The van der Waals surface area contributed by atoms with Crippen LogP contribution in [0.2, 0.25) is 0 Å². The maximum absolute atomic E-state index is 12.9. The maximum Gasteiger partial charge on any atom is 0.242 e. The van der Waals surface area contributed by atoms with Gasteiger partial charge in [-0.1, -0.05) is 6.07 Å². The van der Waals surface area contributed by atoms with Gasteiger partial charge in [0.05, 0.1) is 17.1 Å². The second-order valence-electron chi connectivity index (χ2n) is 7.94. The van der Waals surface area contributed by atoms with Gasteiger partial charge in [-0.2, -0.15) is 5.10 Å². The molecular weight excluding hydrogens is 354 g/mol. The molecule has 2 aromatic rings. The highest BCUT2D eigenvalue weighted by Gasteiger charge is 2.45. The fourth-order valence-electron chi connectivity index (χ4n) is 3.59. The van der Waals surface area contributed by atoms with Gasteiger partial charge in [0, 0.05) is 31.9 Å². The number of hydrogen-bond donors (Lipinski definition) is 2. The Hall–Kier alpha value is -2.67. The predicted octanol–water partition coefficient (Wildman–Crippen LogP) is 2.92. The molecular formula is C21H29N5O2. The molecule has 0 bridgehead atoms. The number of fused-ring (bicyclic) bond motifs is 1. The highest BCUT2D eigenvalue weighted by Crippen LogP contribution is 2.38. The molecule has 1 unspecified atom stereocenters. The summed E-state index contributed by atoms with van der Waals surface area (Å²) in [5.41, 5.74) is 3.47. The normalized spacial score (nSPS) is 17.5. The summed E-state index contributed by atoms with van der Waals surface area (Å²) in [4.78, 5) is 29.2. The van der Waals surface area contributed by atoms with Gasteiger partial charge in [0.2, 0.25) is 11.8 Å². The molecule has 7 heteroatoms. The van der Waals surface area contributed by atoms with Gasteiger partial charge in [-0.3, -0.25) is 14.7 Å². The standard InChI is InChI=1S/C21H29N5O2/c1-7-26-17-9-8-15(12-22-14(3)16-10-13(2)23-24-16)11-18(17)25(6)19(27)21(4,5)20(26)28/h8-11,14,22H,7,12H2,1-6H3,(H,23,24). The smallest absolute Gasteiger partial charge is 0.242 e. The lowest BCUT2D eigenvalue weighted by atomic mass is 9.90. The highest BCUT2D eigenvalue weighted by atomic mass is 16.2. The Balaban J connectivity index is 1.88. The molecule has 7 nitrogen and oxygen atoms in total. The topological polar surface area (TPSA) is 81.3 Å². The molecule has 0 fully saturated rings. The van der Waals surface area contributed by atoms with E-state index in [9.17, 15) is 9.59 Å². The average molecular weight is 383 g/mol. The van der Waals surface area contributed by atoms with Gasteiger partial charge in [0.25, 0.3) is 0 Å². The highest BCUT2D eigenvalue weighted by molar-refractivity contribution is 6.19. The Morgan fingerprint density at radius 1 is 1.18 bits per heavy atom. The van der Waals surface area contributed by atoms with Crippen LogP contribution in [0.1, 0.15) is 50.7 Å². The van der Waals surface area contributed by atoms with Crippen molar-refractivity contribution in [2.24, 2.45) is 5.41 Å². The Morgan fingerprint density at radius 3 is 2.50 bits per heavy atom. The molecule has 0 spiro atoms. The van der Waals surface area contributed by atoms with Crippen LogP contribution in [0.3, 0.4) is 0 Å². The third-order valence-corrected chi connectivity index (χ3v) is 5.41. The van der Waals surface area contributed by atoms with E-state index in [1.807, 2.05) is 38.1 Å². The number of anilines is 2. The van der Waals surface area contributed by atoms with E-state index in [0.29, 0.717) is 13.1 Å². The quantitative estimate of drug-likeness (QED) is 0.778. The van der Waals surface area contributed by atoms with Crippen molar-refractivity contribution in [3.63, 3.8) is 0 Å². The number of carbonyl (C=O) groups excluding carboxylic acids is 2. The molecule has 1 aromatic carbocycles. The molecule has 0 saturated carbocycles. The maximum atomic E-state index is 12.9.